The lowest BCUT2D eigenvalue weighted by Crippen LogP contribution is -1.99. The maximum atomic E-state index is 6.26. The summed E-state index contributed by atoms with van der Waals surface area (Å²) in [4.78, 5) is 4.11. The summed E-state index contributed by atoms with van der Waals surface area (Å²) in [6.45, 7) is 2.03. The smallest absolute Gasteiger partial charge is 0.119 e. The lowest BCUT2D eigenvalue weighted by Gasteiger charge is -2.14. The van der Waals surface area contributed by atoms with Gasteiger partial charge in [-0.05, 0) is 42.8 Å². The molecule has 2 aromatic carbocycles. The fourth-order valence-corrected chi connectivity index (χ4v) is 2.35. The Balaban J connectivity index is 2.00. The summed E-state index contributed by atoms with van der Waals surface area (Å²) in [5.41, 5.74) is 9.99. The number of fused-ring (bicyclic) bond motifs is 1. The standard InChI is InChI=1S/C17H17N3O/c1-11-9-13(21-2)4-6-15(11)20-16-5-3-12-10-19-8-7-14(12)17(16)18/h3-10,20H,18H2,1-2H3. The number of nitrogen functional groups attached to an aromatic ring is 1. The van der Waals surface area contributed by atoms with E-state index in [0.29, 0.717) is 0 Å². The number of hydrogen-bond acceptors (Lipinski definition) is 4. The molecular formula is C17H17N3O. The van der Waals surface area contributed by atoms with Crippen LogP contribution in [0.3, 0.4) is 0 Å². The van der Waals surface area contributed by atoms with E-state index in [1.54, 1.807) is 13.3 Å². The molecule has 0 radical (unpaired) electrons. The van der Waals surface area contributed by atoms with Crippen LogP contribution in [0.1, 0.15) is 5.56 Å². The Labute approximate surface area is 123 Å². The molecule has 0 bridgehead atoms. The van der Waals surface area contributed by atoms with E-state index in [9.17, 15) is 0 Å². The monoisotopic (exact) mass is 279 g/mol. The summed E-state index contributed by atoms with van der Waals surface area (Å²) in [5, 5.41) is 5.42. The lowest BCUT2D eigenvalue weighted by atomic mass is 10.1. The fourth-order valence-electron chi connectivity index (χ4n) is 2.35. The molecule has 0 saturated carbocycles. The van der Waals surface area contributed by atoms with Crippen LogP contribution in [-0.2, 0) is 0 Å². The largest absolute Gasteiger partial charge is 0.497 e. The second kappa shape index (κ2) is 5.32. The van der Waals surface area contributed by atoms with Crippen LogP contribution < -0.4 is 15.8 Å². The molecule has 0 unspecified atom stereocenters. The normalized spacial score (nSPS) is 10.6. The number of aromatic nitrogens is 1. The van der Waals surface area contributed by atoms with Crippen molar-refractivity contribution in [3.05, 3.63) is 54.4 Å². The zero-order chi connectivity index (χ0) is 14.8. The van der Waals surface area contributed by atoms with Crippen LogP contribution in [0.2, 0.25) is 0 Å². The molecule has 1 heterocycles. The predicted molar refractivity (Wildman–Crippen MR) is 87.2 cm³/mol. The summed E-state index contributed by atoms with van der Waals surface area (Å²) in [6.07, 6.45) is 3.56. The Hall–Kier alpha value is -2.75. The number of aryl methyl sites for hydroxylation is 1. The number of rotatable bonds is 3. The number of nitrogens with two attached hydrogens (primary N) is 1. The number of nitrogens with one attached hydrogen (secondary N) is 1. The van der Waals surface area contributed by atoms with Crippen LogP contribution in [0.15, 0.2) is 48.8 Å². The molecule has 4 nitrogen and oxygen atoms in total. The SMILES string of the molecule is COc1ccc(Nc2ccc3cnccc3c2N)c(C)c1. The van der Waals surface area contributed by atoms with Crippen LogP contribution in [-0.4, -0.2) is 12.1 Å². The summed E-state index contributed by atoms with van der Waals surface area (Å²) in [7, 11) is 1.66. The van der Waals surface area contributed by atoms with Crippen molar-refractivity contribution in [2.75, 3.05) is 18.2 Å². The highest BCUT2D eigenvalue weighted by molar-refractivity contribution is 5.99. The van der Waals surface area contributed by atoms with Gasteiger partial charge in [0.1, 0.15) is 5.75 Å². The first-order chi connectivity index (χ1) is 10.2. The Morgan fingerprint density at radius 1 is 1.10 bits per heavy atom. The van der Waals surface area contributed by atoms with Crippen molar-refractivity contribution in [3.8, 4) is 5.75 Å². The van der Waals surface area contributed by atoms with E-state index in [1.165, 1.54) is 0 Å². The third-order valence-electron chi connectivity index (χ3n) is 3.56. The van der Waals surface area contributed by atoms with Gasteiger partial charge in [0.05, 0.1) is 18.5 Å². The minimum Gasteiger partial charge on any atom is -0.497 e. The van der Waals surface area contributed by atoms with Gasteiger partial charge in [-0.3, -0.25) is 4.98 Å². The Morgan fingerprint density at radius 2 is 1.90 bits per heavy atom. The number of hydrogen-bond donors (Lipinski definition) is 2. The average molecular weight is 279 g/mol. The van der Waals surface area contributed by atoms with E-state index in [4.69, 9.17) is 10.5 Å². The number of methoxy groups -OCH3 is 1. The molecule has 0 aliphatic heterocycles. The third kappa shape index (κ3) is 2.48. The molecule has 0 aliphatic carbocycles. The van der Waals surface area contributed by atoms with Crippen LogP contribution in [0, 0.1) is 6.92 Å². The Morgan fingerprint density at radius 3 is 2.67 bits per heavy atom. The van der Waals surface area contributed by atoms with Crippen LogP contribution in [0.5, 0.6) is 5.75 Å². The third-order valence-corrected chi connectivity index (χ3v) is 3.56. The van der Waals surface area contributed by atoms with Crippen LogP contribution in [0.4, 0.5) is 17.1 Å². The molecule has 3 aromatic rings. The minimum atomic E-state index is 0.727. The summed E-state index contributed by atoms with van der Waals surface area (Å²) in [5.74, 6) is 0.843. The minimum absolute atomic E-state index is 0.727. The lowest BCUT2D eigenvalue weighted by molar-refractivity contribution is 0.414. The number of benzene rings is 2. The Bertz CT molecular complexity index is 799. The molecule has 3 rings (SSSR count). The number of anilines is 3. The van der Waals surface area contributed by atoms with Crippen molar-refractivity contribution >= 4 is 27.8 Å². The first-order valence-corrected chi connectivity index (χ1v) is 6.73. The molecule has 3 N–H and O–H groups in total. The summed E-state index contributed by atoms with van der Waals surface area (Å²) < 4.78 is 5.22. The molecule has 0 aliphatic rings. The molecule has 0 fully saturated rings. The second-order valence-electron chi connectivity index (χ2n) is 4.93. The molecule has 106 valence electrons. The molecule has 0 spiro atoms. The molecular weight excluding hydrogens is 262 g/mol. The molecule has 4 heteroatoms. The van der Waals surface area contributed by atoms with Crippen molar-refractivity contribution in [2.45, 2.75) is 6.92 Å². The van der Waals surface area contributed by atoms with E-state index in [0.717, 1.165) is 39.1 Å². The van der Waals surface area contributed by atoms with E-state index in [1.807, 2.05) is 49.5 Å². The average Bonchev–Trinajstić information content (AvgIpc) is 2.52. The van der Waals surface area contributed by atoms with Crippen molar-refractivity contribution in [1.82, 2.24) is 4.98 Å². The van der Waals surface area contributed by atoms with Crippen molar-refractivity contribution in [2.24, 2.45) is 0 Å². The highest BCUT2D eigenvalue weighted by Gasteiger charge is 2.06. The molecule has 21 heavy (non-hydrogen) atoms. The molecule has 0 atom stereocenters. The fraction of sp³-hybridized carbons (Fsp3) is 0.118. The van der Waals surface area contributed by atoms with Crippen molar-refractivity contribution in [3.63, 3.8) is 0 Å². The topological polar surface area (TPSA) is 60.2 Å². The van der Waals surface area contributed by atoms with E-state index in [2.05, 4.69) is 10.3 Å². The number of pyridine rings is 1. The number of nitrogens with zero attached hydrogens (tertiary/aromatic N) is 1. The summed E-state index contributed by atoms with van der Waals surface area (Å²) >= 11 is 0. The van der Waals surface area contributed by atoms with Crippen molar-refractivity contribution in [1.29, 1.82) is 0 Å². The van der Waals surface area contributed by atoms with Gasteiger partial charge in [0, 0.05) is 28.9 Å². The molecule has 0 saturated heterocycles. The van der Waals surface area contributed by atoms with Gasteiger partial charge in [-0.15, -0.1) is 0 Å². The maximum absolute atomic E-state index is 6.26. The van der Waals surface area contributed by atoms with Crippen LogP contribution >= 0.6 is 0 Å². The van der Waals surface area contributed by atoms with Gasteiger partial charge in [-0.1, -0.05) is 6.07 Å². The van der Waals surface area contributed by atoms with Gasteiger partial charge in [0.15, 0.2) is 0 Å². The highest BCUT2D eigenvalue weighted by Crippen LogP contribution is 2.32. The van der Waals surface area contributed by atoms with E-state index >= 15 is 0 Å². The zero-order valence-electron chi connectivity index (χ0n) is 12.1. The molecule has 1 aromatic heterocycles. The Kier molecular flexibility index (Phi) is 3.36. The van der Waals surface area contributed by atoms with Crippen molar-refractivity contribution < 1.29 is 4.74 Å². The van der Waals surface area contributed by atoms with Gasteiger partial charge in [0.2, 0.25) is 0 Å². The first-order valence-electron chi connectivity index (χ1n) is 6.73. The predicted octanol–water partition coefficient (Wildman–Crippen LogP) is 3.88. The van der Waals surface area contributed by atoms with E-state index in [-0.39, 0.29) is 0 Å². The van der Waals surface area contributed by atoms with Gasteiger partial charge >= 0.3 is 0 Å². The summed E-state index contributed by atoms with van der Waals surface area (Å²) in [6, 6.07) is 11.8. The van der Waals surface area contributed by atoms with E-state index < -0.39 is 0 Å². The van der Waals surface area contributed by atoms with Gasteiger partial charge in [-0.2, -0.15) is 0 Å². The first kappa shape index (κ1) is 13.2. The van der Waals surface area contributed by atoms with Gasteiger partial charge in [0.25, 0.3) is 0 Å². The molecule has 0 amide bonds. The van der Waals surface area contributed by atoms with Gasteiger partial charge in [-0.25, -0.2) is 0 Å². The maximum Gasteiger partial charge on any atom is 0.119 e. The second-order valence-corrected chi connectivity index (χ2v) is 4.93. The van der Waals surface area contributed by atoms with Gasteiger partial charge < -0.3 is 15.8 Å². The quantitative estimate of drug-likeness (QED) is 0.714. The zero-order valence-corrected chi connectivity index (χ0v) is 12.1. The highest BCUT2D eigenvalue weighted by atomic mass is 16.5. The number of ether oxygens (including phenoxy) is 1. The van der Waals surface area contributed by atoms with Crippen LogP contribution in [0.25, 0.3) is 10.8 Å².